The first-order valence-electron chi connectivity index (χ1n) is 12.4. The standard InChI is InChI=1S/C27H38N2O2/c1-19-7-6-12-27(2)16-25-22(15-24(19)27)23(26(30)31-25)17-28-21-10-13-29(14-11-21)18-20-8-4-3-5-9-20/h3-5,8-9,21-25,28H,1,6-7,10-18H2,2H3/t22-,23-,24-,25-,27-/m1/s1. The second-order valence-electron chi connectivity index (χ2n) is 10.8. The molecule has 0 radical (unpaired) electrons. The van der Waals surface area contributed by atoms with Crippen molar-refractivity contribution in [2.45, 2.75) is 70.6 Å². The Labute approximate surface area is 187 Å². The van der Waals surface area contributed by atoms with Crippen LogP contribution in [0, 0.1) is 23.2 Å². The Bertz CT molecular complexity index is 801. The number of hydrogen-bond acceptors (Lipinski definition) is 4. The molecule has 0 unspecified atom stereocenters. The molecular weight excluding hydrogens is 384 g/mol. The van der Waals surface area contributed by atoms with Crippen LogP contribution in [0.5, 0.6) is 0 Å². The quantitative estimate of drug-likeness (QED) is 0.558. The number of nitrogens with zero attached hydrogens (tertiary/aromatic N) is 1. The van der Waals surface area contributed by atoms with Crippen LogP contribution in [0.15, 0.2) is 42.5 Å². The minimum Gasteiger partial charge on any atom is -0.462 e. The van der Waals surface area contributed by atoms with E-state index in [0.29, 0.717) is 17.9 Å². The zero-order chi connectivity index (χ0) is 21.4. The molecule has 1 N–H and O–H groups in total. The summed E-state index contributed by atoms with van der Waals surface area (Å²) in [6.45, 7) is 10.9. The molecule has 4 heteroatoms. The third kappa shape index (κ3) is 4.34. The predicted octanol–water partition coefficient (Wildman–Crippen LogP) is 4.55. The molecule has 2 heterocycles. The van der Waals surface area contributed by atoms with Crippen molar-refractivity contribution in [3.63, 3.8) is 0 Å². The van der Waals surface area contributed by atoms with Crippen molar-refractivity contribution < 1.29 is 9.53 Å². The molecule has 31 heavy (non-hydrogen) atoms. The molecule has 0 spiro atoms. The number of carbonyl (C=O) groups excluding carboxylic acids is 1. The van der Waals surface area contributed by atoms with Gasteiger partial charge in [-0.05, 0) is 74.9 Å². The minimum atomic E-state index is 0.0200. The average Bonchev–Trinajstić information content (AvgIpc) is 3.06. The molecule has 2 aliphatic carbocycles. The van der Waals surface area contributed by atoms with E-state index in [0.717, 1.165) is 58.3 Å². The monoisotopic (exact) mass is 422 g/mol. The molecular formula is C27H38N2O2. The topological polar surface area (TPSA) is 41.6 Å². The first-order chi connectivity index (χ1) is 15.0. The van der Waals surface area contributed by atoms with Crippen LogP contribution in [0.4, 0.5) is 0 Å². The highest BCUT2D eigenvalue weighted by Gasteiger charge is 2.55. The third-order valence-corrected chi connectivity index (χ3v) is 8.78. The maximum Gasteiger partial charge on any atom is 0.310 e. The molecule has 1 aromatic carbocycles. The fourth-order valence-electron chi connectivity index (χ4n) is 6.92. The number of esters is 1. The first kappa shape index (κ1) is 21.2. The van der Waals surface area contributed by atoms with Crippen molar-refractivity contribution in [1.29, 1.82) is 0 Å². The lowest BCUT2D eigenvalue weighted by molar-refractivity contribution is -0.146. The number of fused-ring (bicyclic) bond motifs is 2. The Morgan fingerprint density at radius 2 is 2.00 bits per heavy atom. The van der Waals surface area contributed by atoms with E-state index in [2.05, 4.69) is 54.1 Å². The smallest absolute Gasteiger partial charge is 0.310 e. The van der Waals surface area contributed by atoms with E-state index in [9.17, 15) is 4.79 Å². The molecule has 2 saturated carbocycles. The number of allylic oxidation sites excluding steroid dienone is 1. The van der Waals surface area contributed by atoms with Crippen molar-refractivity contribution in [3.05, 3.63) is 48.0 Å². The summed E-state index contributed by atoms with van der Waals surface area (Å²) in [5.41, 5.74) is 3.09. The van der Waals surface area contributed by atoms with Crippen molar-refractivity contribution in [2.75, 3.05) is 19.6 Å². The number of piperidine rings is 1. The summed E-state index contributed by atoms with van der Waals surface area (Å²) >= 11 is 0. The van der Waals surface area contributed by atoms with Gasteiger partial charge in [-0.2, -0.15) is 0 Å². The highest BCUT2D eigenvalue weighted by molar-refractivity contribution is 5.75. The molecule has 1 aromatic rings. The van der Waals surface area contributed by atoms with Crippen LogP contribution in [0.1, 0.15) is 57.4 Å². The van der Waals surface area contributed by atoms with Gasteiger partial charge in [0.25, 0.3) is 0 Å². The van der Waals surface area contributed by atoms with Gasteiger partial charge in [-0.25, -0.2) is 0 Å². The van der Waals surface area contributed by atoms with Gasteiger partial charge in [0.05, 0.1) is 5.92 Å². The second-order valence-corrected chi connectivity index (χ2v) is 10.8. The second kappa shape index (κ2) is 8.71. The lowest BCUT2D eigenvalue weighted by Crippen LogP contribution is -2.47. The third-order valence-electron chi connectivity index (χ3n) is 8.78. The lowest BCUT2D eigenvalue weighted by Gasteiger charge is -2.50. The summed E-state index contributed by atoms with van der Waals surface area (Å²) in [4.78, 5) is 15.3. The van der Waals surface area contributed by atoms with E-state index in [1.54, 1.807) is 0 Å². The highest BCUT2D eigenvalue weighted by atomic mass is 16.6. The Kier molecular flexibility index (Phi) is 5.96. The van der Waals surface area contributed by atoms with Gasteiger partial charge in [0.15, 0.2) is 0 Å². The number of carbonyl (C=O) groups is 1. The normalized spacial score (nSPS) is 36.7. The van der Waals surface area contributed by atoms with Gasteiger partial charge in [-0.3, -0.25) is 9.69 Å². The predicted molar refractivity (Wildman–Crippen MR) is 123 cm³/mol. The van der Waals surface area contributed by atoms with Crippen LogP contribution in [-0.2, 0) is 16.1 Å². The molecule has 0 aromatic heterocycles. The van der Waals surface area contributed by atoms with Crippen molar-refractivity contribution in [3.8, 4) is 0 Å². The molecule has 168 valence electrons. The van der Waals surface area contributed by atoms with Gasteiger partial charge in [0, 0.05) is 25.0 Å². The summed E-state index contributed by atoms with van der Waals surface area (Å²) in [5.74, 6) is 0.996. The zero-order valence-corrected chi connectivity index (χ0v) is 19.0. The molecule has 5 rings (SSSR count). The van der Waals surface area contributed by atoms with Gasteiger partial charge in [-0.15, -0.1) is 0 Å². The first-order valence-corrected chi connectivity index (χ1v) is 12.4. The SMILES string of the molecule is C=C1CCC[C@]2(C)C[C@H]3OC(=O)[C@H](CNC4CCN(Cc5ccccc5)CC4)[C@H]3C[C@H]12. The number of nitrogens with one attached hydrogen (secondary N) is 1. The van der Waals surface area contributed by atoms with Crippen LogP contribution >= 0.6 is 0 Å². The average molecular weight is 423 g/mol. The van der Waals surface area contributed by atoms with Gasteiger partial charge >= 0.3 is 5.97 Å². The summed E-state index contributed by atoms with van der Waals surface area (Å²) in [6, 6.07) is 11.3. The number of benzene rings is 1. The van der Waals surface area contributed by atoms with Crippen LogP contribution in [-0.4, -0.2) is 42.6 Å². The number of likely N-dealkylation sites (tertiary alicyclic amines) is 1. The maximum absolute atomic E-state index is 12.8. The summed E-state index contributed by atoms with van der Waals surface area (Å²) < 4.78 is 5.93. The summed E-state index contributed by atoms with van der Waals surface area (Å²) in [5, 5.41) is 3.75. The van der Waals surface area contributed by atoms with E-state index >= 15 is 0 Å². The Morgan fingerprint density at radius 3 is 2.77 bits per heavy atom. The highest BCUT2D eigenvalue weighted by Crippen LogP contribution is 2.56. The van der Waals surface area contributed by atoms with E-state index in [-0.39, 0.29) is 23.4 Å². The molecule has 4 nitrogen and oxygen atoms in total. The number of hydrogen-bond donors (Lipinski definition) is 1. The Morgan fingerprint density at radius 1 is 1.23 bits per heavy atom. The molecule has 2 saturated heterocycles. The molecule has 0 bridgehead atoms. The van der Waals surface area contributed by atoms with Crippen molar-refractivity contribution >= 4 is 5.97 Å². The van der Waals surface area contributed by atoms with Crippen molar-refractivity contribution in [2.24, 2.45) is 23.2 Å². The molecule has 5 atom stereocenters. The summed E-state index contributed by atoms with van der Waals surface area (Å²) in [6.07, 6.45) is 8.21. The Balaban J connectivity index is 1.13. The molecule has 2 aliphatic heterocycles. The van der Waals surface area contributed by atoms with Crippen LogP contribution < -0.4 is 5.32 Å². The number of ether oxygens (including phenoxy) is 1. The van der Waals surface area contributed by atoms with Crippen LogP contribution in [0.2, 0.25) is 0 Å². The fraction of sp³-hybridized carbons (Fsp3) is 0.667. The van der Waals surface area contributed by atoms with Gasteiger partial charge < -0.3 is 10.1 Å². The minimum absolute atomic E-state index is 0.0200. The largest absolute Gasteiger partial charge is 0.462 e. The zero-order valence-electron chi connectivity index (χ0n) is 19.0. The van der Waals surface area contributed by atoms with E-state index in [1.807, 2.05) is 0 Å². The lowest BCUT2D eigenvalue weighted by atomic mass is 9.55. The Hall–Kier alpha value is -1.65. The summed E-state index contributed by atoms with van der Waals surface area (Å²) in [7, 11) is 0. The van der Waals surface area contributed by atoms with Crippen molar-refractivity contribution in [1.82, 2.24) is 10.2 Å². The van der Waals surface area contributed by atoms with Crippen LogP contribution in [0.3, 0.4) is 0 Å². The maximum atomic E-state index is 12.8. The van der Waals surface area contributed by atoms with E-state index in [1.165, 1.54) is 24.0 Å². The fourth-order valence-corrected chi connectivity index (χ4v) is 6.92. The van der Waals surface area contributed by atoms with Gasteiger partial charge in [0.2, 0.25) is 0 Å². The van der Waals surface area contributed by atoms with Crippen LogP contribution in [0.25, 0.3) is 0 Å². The van der Waals surface area contributed by atoms with E-state index < -0.39 is 0 Å². The molecule has 4 aliphatic rings. The number of rotatable bonds is 5. The molecule has 0 amide bonds. The van der Waals surface area contributed by atoms with Gasteiger partial charge in [-0.1, -0.05) is 49.4 Å². The molecule has 4 fully saturated rings. The van der Waals surface area contributed by atoms with Gasteiger partial charge in [0.1, 0.15) is 6.10 Å². The van der Waals surface area contributed by atoms with E-state index in [4.69, 9.17) is 4.74 Å².